The summed E-state index contributed by atoms with van der Waals surface area (Å²) in [5.41, 5.74) is 1.90. The molecule has 0 aliphatic heterocycles. The fraction of sp³-hybridized carbons (Fsp3) is 0.562. The van der Waals surface area contributed by atoms with Gasteiger partial charge < -0.3 is 10.2 Å². The number of nitrogens with zero attached hydrogens (tertiary/aromatic N) is 1. The highest BCUT2D eigenvalue weighted by Gasteiger charge is 2.25. The van der Waals surface area contributed by atoms with E-state index in [2.05, 4.69) is 35.1 Å². The van der Waals surface area contributed by atoms with E-state index in [0.717, 1.165) is 23.9 Å². The predicted octanol–water partition coefficient (Wildman–Crippen LogP) is 3.68. The van der Waals surface area contributed by atoms with Crippen LogP contribution in [0.25, 0.3) is 0 Å². The summed E-state index contributed by atoms with van der Waals surface area (Å²) in [4.78, 5) is 14.3. The molecule has 0 aromatic heterocycles. The van der Waals surface area contributed by atoms with Gasteiger partial charge in [-0.15, -0.1) is 0 Å². The Hall–Kier alpha value is -1.03. The lowest BCUT2D eigenvalue weighted by Crippen LogP contribution is -2.38. The second-order valence-electron chi connectivity index (χ2n) is 5.47. The molecule has 3 nitrogen and oxygen atoms in total. The molecule has 0 spiro atoms. The molecule has 0 radical (unpaired) electrons. The maximum Gasteiger partial charge on any atom is 0.251 e. The first-order chi connectivity index (χ1) is 9.48. The van der Waals surface area contributed by atoms with Gasteiger partial charge in [0.25, 0.3) is 5.91 Å². The first kappa shape index (κ1) is 17.0. The summed E-state index contributed by atoms with van der Waals surface area (Å²) >= 11 is 3.57. The second kappa shape index (κ2) is 7.67. The van der Waals surface area contributed by atoms with Crippen molar-refractivity contribution in [3.05, 3.63) is 29.8 Å². The predicted molar refractivity (Wildman–Crippen MR) is 89.9 cm³/mol. The van der Waals surface area contributed by atoms with E-state index >= 15 is 0 Å². The number of benzene rings is 1. The molecule has 0 saturated heterocycles. The van der Waals surface area contributed by atoms with Crippen LogP contribution < -0.4 is 10.2 Å². The van der Waals surface area contributed by atoms with Crippen molar-refractivity contribution in [1.29, 1.82) is 0 Å². The molecule has 0 fully saturated rings. The molecule has 0 aliphatic rings. The van der Waals surface area contributed by atoms with Crippen molar-refractivity contribution in [2.24, 2.45) is 5.41 Å². The highest BCUT2D eigenvalue weighted by atomic mass is 79.9. The van der Waals surface area contributed by atoms with Crippen molar-refractivity contribution >= 4 is 27.5 Å². The molecule has 112 valence electrons. The van der Waals surface area contributed by atoms with E-state index in [1.807, 2.05) is 43.3 Å². The molecular weight excluding hydrogens is 316 g/mol. The highest BCUT2D eigenvalue weighted by Crippen LogP contribution is 2.27. The van der Waals surface area contributed by atoms with Crippen molar-refractivity contribution in [1.82, 2.24) is 5.32 Å². The molecule has 1 amide bonds. The van der Waals surface area contributed by atoms with Gasteiger partial charge in [-0.2, -0.15) is 0 Å². The van der Waals surface area contributed by atoms with Gasteiger partial charge in [-0.1, -0.05) is 35.8 Å². The minimum Gasteiger partial charge on any atom is -0.378 e. The average molecular weight is 341 g/mol. The Kier molecular flexibility index (Phi) is 6.53. The average Bonchev–Trinajstić information content (AvgIpc) is 2.49. The Balaban J connectivity index is 2.74. The number of hydrogen-bond donors (Lipinski definition) is 1. The van der Waals surface area contributed by atoms with Crippen molar-refractivity contribution in [2.45, 2.75) is 26.7 Å². The molecule has 20 heavy (non-hydrogen) atoms. The monoisotopic (exact) mass is 340 g/mol. The molecular formula is C16H25BrN2O. The minimum absolute atomic E-state index is 0.000856. The number of anilines is 1. The Morgan fingerprint density at radius 2 is 1.95 bits per heavy atom. The highest BCUT2D eigenvalue weighted by molar-refractivity contribution is 9.09. The fourth-order valence-electron chi connectivity index (χ4n) is 2.03. The van der Waals surface area contributed by atoms with Crippen LogP contribution in [0, 0.1) is 5.41 Å². The van der Waals surface area contributed by atoms with Gasteiger partial charge in [-0.05, 0) is 36.5 Å². The molecule has 0 aliphatic carbocycles. The van der Waals surface area contributed by atoms with Gasteiger partial charge in [0, 0.05) is 37.2 Å². The van der Waals surface area contributed by atoms with E-state index < -0.39 is 0 Å². The Morgan fingerprint density at radius 3 is 2.45 bits per heavy atom. The van der Waals surface area contributed by atoms with Gasteiger partial charge in [0.15, 0.2) is 0 Å². The zero-order valence-corrected chi connectivity index (χ0v) is 14.5. The smallest absolute Gasteiger partial charge is 0.251 e. The maximum absolute atomic E-state index is 12.3. The van der Waals surface area contributed by atoms with E-state index in [-0.39, 0.29) is 11.3 Å². The topological polar surface area (TPSA) is 32.3 Å². The Labute approximate surface area is 130 Å². The SMILES string of the molecule is CCC(CC)(CBr)CNC(=O)c1cccc(N(C)C)c1. The summed E-state index contributed by atoms with van der Waals surface area (Å²) in [5, 5.41) is 3.98. The summed E-state index contributed by atoms with van der Waals surface area (Å²) in [6.07, 6.45) is 2.10. The van der Waals surface area contributed by atoms with Crippen molar-refractivity contribution in [2.75, 3.05) is 30.9 Å². The number of halogens is 1. The number of hydrogen-bond acceptors (Lipinski definition) is 2. The Morgan fingerprint density at radius 1 is 1.30 bits per heavy atom. The third kappa shape index (κ3) is 4.23. The number of alkyl halides is 1. The quantitative estimate of drug-likeness (QED) is 0.768. The van der Waals surface area contributed by atoms with Crippen molar-refractivity contribution < 1.29 is 4.79 Å². The lowest BCUT2D eigenvalue weighted by atomic mass is 9.84. The standard InChI is InChI=1S/C16H25BrN2O/c1-5-16(6-2,11-17)12-18-15(20)13-8-7-9-14(10-13)19(3)4/h7-10H,5-6,11-12H2,1-4H3,(H,18,20). The van der Waals surface area contributed by atoms with E-state index in [1.54, 1.807) is 0 Å². The summed E-state index contributed by atoms with van der Waals surface area (Å²) in [6.45, 7) is 5.05. The molecule has 0 unspecified atom stereocenters. The molecule has 1 aromatic rings. The number of carbonyl (C=O) groups is 1. The van der Waals surface area contributed by atoms with Gasteiger partial charge in [0.1, 0.15) is 0 Å². The van der Waals surface area contributed by atoms with E-state index in [9.17, 15) is 4.79 Å². The first-order valence-electron chi connectivity index (χ1n) is 7.09. The summed E-state index contributed by atoms with van der Waals surface area (Å²) < 4.78 is 0. The summed E-state index contributed by atoms with van der Waals surface area (Å²) in [6, 6.07) is 7.69. The van der Waals surface area contributed by atoms with Crippen LogP contribution in [0.15, 0.2) is 24.3 Å². The fourth-order valence-corrected chi connectivity index (χ4v) is 3.02. The molecule has 1 rings (SSSR count). The van der Waals surface area contributed by atoms with Crippen LogP contribution in [-0.4, -0.2) is 31.9 Å². The summed E-state index contributed by atoms with van der Waals surface area (Å²) in [5.74, 6) is 0.000856. The van der Waals surface area contributed by atoms with Crippen LogP contribution in [0.3, 0.4) is 0 Å². The van der Waals surface area contributed by atoms with E-state index in [4.69, 9.17) is 0 Å². The molecule has 0 atom stereocenters. The lowest BCUT2D eigenvalue weighted by molar-refractivity contribution is 0.0932. The van der Waals surface area contributed by atoms with Crippen LogP contribution in [-0.2, 0) is 0 Å². The number of amides is 1. The molecule has 0 bridgehead atoms. The zero-order chi connectivity index (χ0) is 15.2. The van der Waals surface area contributed by atoms with Crippen molar-refractivity contribution in [3.8, 4) is 0 Å². The second-order valence-corrected chi connectivity index (χ2v) is 6.03. The zero-order valence-electron chi connectivity index (χ0n) is 12.9. The van der Waals surface area contributed by atoms with Gasteiger partial charge >= 0.3 is 0 Å². The van der Waals surface area contributed by atoms with E-state index in [1.165, 1.54) is 0 Å². The third-order valence-corrected chi connectivity index (χ3v) is 5.22. The number of rotatable bonds is 7. The maximum atomic E-state index is 12.3. The van der Waals surface area contributed by atoms with Crippen LogP contribution >= 0.6 is 15.9 Å². The minimum atomic E-state index is 0.000856. The van der Waals surface area contributed by atoms with E-state index in [0.29, 0.717) is 12.1 Å². The molecule has 4 heteroatoms. The molecule has 1 aromatic carbocycles. The van der Waals surface area contributed by atoms with Crippen LogP contribution in [0.1, 0.15) is 37.0 Å². The number of carbonyl (C=O) groups excluding carboxylic acids is 1. The molecule has 0 saturated carbocycles. The molecule has 0 heterocycles. The normalized spacial score (nSPS) is 11.2. The first-order valence-corrected chi connectivity index (χ1v) is 8.21. The number of nitrogens with one attached hydrogen (secondary N) is 1. The third-order valence-electron chi connectivity index (χ3n) is 4.03. The van der Waals surface area contributed by atoms with Crippen LogP contribution in [0.4, 0.5) is 5.69 Å². The molecule has 1 N–H and O–H groups in total. The van der Waals surface area contributed by atoms with Gasteiger partial charge in [-0.3, -0.25) is 4.79 Å². The summed E-state index contributed by atoms with van der Waals surface area (Å²) in [7, 11) is 3.95. The van der Waals surface area contributed by atoms with Gasteiger partial charge in [0.2, 0.25) is 0 Å². The van der Waals surface area contributed by atoms with Crippen LogP contribution in [0.2, 0.25) is 0 Å². The van der Waals surface area contributed by atoms with Crippen molar-refractivity contribution in [3.63, 3.8) is 0 Å². The van der Waals surface area contributed by atoms with Gasteiger partial charge in [-0.25, -0.2) is 0 Å². The van der Waals surface area contributed by atoms with Crippen LogP contribution in [0.5, 0.6) is 0 Å². The lowest BCUT2D eigenvalue weighted by Gasteiger charge is -2.29. The largest absolute Gasteiger partial charge is 0.378 e. The van der Waals surface area contributed by atoms with Gasteiger partial charge in [0.05, 0.1) is 0 Å². The Bertz CT molecular complexity index is 434.